The van der Waals surface area contributed by atoms with Gasteiger partial charge in [-0.15, -0.1) is 0 Å². The van der Waals surface area contributed by atoms with Gasteiger partial charge in [0.1, 0.15) is 17.4 Å². The van der Waals surface area contributed by atoms with Crippen LogP contribution < -0.4 is 5.73 Å². The van der Waals surface area contributed by atoms with Gasteiger partial charge in [0.25, 0.3) is 0 Å². The minimum atomic E-state index is -0.109. The molecule has 1 saturated heterocycles. The first-order valence-corrected chi connectivity index (χ1v) is 7.57. The van der Waals surface area contributed by atoms with Gasteiger partial charge in [0.2, 0.25) is 0 Å². The number of amidine groups is 2. The van der Waals surface area contributed by atoms with Crippen LogP contribution in [0, 0.1) is 5.41 Å². The Balaban J connectivity index is 1.95. The lowest BCUT2D eigenvalue weighted by atomic mass is 9.93. The number of aliphatic imine (C=N–C) groups is 1. The van der Waals surface area contributed by atoms with E-state index in [-0.39, 0.29) is 5.41 Å². The number of nitrogens with zero attached hydrogens (tertiary/aromatic N) is 4. The Kier molecular flexibility index (Phi) is 4.85. The van der Waals surface area contributed by atoms with Gasteiger partial charge in [-0.25, -0.2) is 4.99 Å². The Morgan fingerprint density at radius 3 is 2.55 bits per heavy atom. The molecule has 0 spiro atoms. The van der Waals surface area contributed by atoms with Gasteiger partial charge in [0, 0.05) is 37.7 Å². The van der Waals surface area contributed by atoms with Crippen LogP contribution in [0.4, 0.5) is 5.82 Å². The maximum Gasteiger partial charge on any atom is 0.197 e. The average molecular weight is 306 g/mol. The second kappa shape index (κ2) is 6.48. The highest BCUT2D eigenvalue weighted by atomic mass is 16.5. The second-order valence-corrected chi connectivity index (χ2v) is 6.82. The average Bonchev–Trinajstić information content (AvgIpc) is 2.87. The molecule has 7 heteroatoms. The van der Waals surface area contributed by atoms with E-state index in [1.54, 1.807) is 6.07 Å². The fourth-order valence-corrected chi connectivity index (χ4v) is 2.22. The first kappa shape index (κ1) is 16.5. The molecular weight excluding hydrogens is 280 g/mol. The largest absolute Gasteiger partial charge is 0.387 e. The molecule has 1 fully saturated rings. The molecule has 0 atom stereocenters. The van der Waals surface area contributed by atoms with Crippen molar-refractivity contribution in [1.29, 1.82) is 5.41 Å². The van der Waals surface area contributed by atoms with E-state index in [9.17, 15) is 0 Å². The van der Waals surface area contributed by atoms with Gasteiger partial charge in [-0.3, -0.25) is 5.41 Å². The first-order valence-electron chi connectivity index (χ1n) is 7.57. The molecule has 122 valence electrons. The third kappa shape index (κ3) is 4.30. The topological polar surface area (TPSA) is 94.7 Å². The molecule has 1 aliphatic rings. The predicted molar refractivity (Wildman–Crippen MR) is 87.9 cm³/mol. The van der Waals surface area contributed by atoms with Crippen LogP contribution in [0.3, 0.4) is 0 Å². The number of hydrogen-bond acceptors (Lipinski definition) is 5. The summed E-state index contributed by atoms with van der Waals surface area (Å²) in [6.07, 6.45) is 0.335. The van der Waals surface area contributed by atoms with Crippen molar-refractivity contribution in [3.63, 3.8) is 0 Å². The number of likely N-dealkylation sites (N-methyl/N-ethyl adjacent to an activating group) is 1. The summed E-state index contributed by atoms with van der Waals surface area (Å²) in [4.78, 5) is 8.56. The normalized spacial score (nSPS) is 17.8. The quantitative estimate of drug-likeness (QED) is 0.653. The Hall–Kier alpha value is -1.89. The van der Waals surface area contributed by atoms with Crippen LogP contribution in [0.5, 0.6) is 0 Å². The molecule has 7 nitrogen and oxygen atoms in total. The van der Waals surface area contributed by atoms with E-state index >= 15 is 0 Å². The van der Waals surface area contributed by atoms with Crippen molar-refractivity contribution in [1.82, 2.24) is 15.0 Å². The lowest BCUT2D eigenvalue weighted by Crippen LogP contribution is -2.47. The van der Waals surface area contributed by atoms with Crippen molar-refractivity contribution in [2.45, 2.75) is 32.6 Å². The van der Waals surface area contributed by atoms with Gasteiger partial charge in [-0.05, 0) is 7.05 Å². The predicted octanol–water partition coefficient (Wildman–Crippen LogP) is 1.58. The Morgan fingerprint density at radius 2 is 2.00 bits per heavy atom. The molecule has 0 saturated carbocycles. The monoisotopic (exact) mass is 306 g/mol. The summed E-state index contributed by atoms with van der Waals surface area (Å²) in [5, 5.41) is 12.1. The van der Waals surface area contributed by atoms with Crippen molar-refractivity contribution in [2.75, 3.05) is 33.2 Å². The molecule has 2 heterocycles. The van der Waals surface area contributed by atoms with Crippen molar-refractivity contribution >= 4 is 17.5 Å². The molecular formula is C15H26N6O. The van der Waals surface area contributed by atoms with Crippen LogP contribution >= 0.6 is 0 Å². The third-order valence-electron chi connectivity index (χ3n) is 3.73. The van der Waals surface area contributed by atoms with Gasteiger partial charge < -0.3 is 20.1 Å². The fourth-order valence-electron chi connectivity index (χ4n) is 2.22. The standard InChI is InChI=1S/C15H26N6O/c1-15(2,3)11-9-14(19-22-11)18-12(16)10-13(17)21-7-5-20(4)6-8-21/h9,17H,5-8,10H2,1-4H3,(H2,16,18,19). The van der Waals surface area contributed by atoms with Crippen LogP contribution in [-0.4, -0.2) is 59.9 Å². The van der Waals surface area contributed by atoms with Crippen LogP contribution in [0.25, 0.3) is 0 Å². The SMILES string of the molecule is CN1CCN(C(=N)CC(N)=Nc2cc(C(C)(C)C)on2)CC1. The molecule has 0 bridgehead atoms. The summed E-state index contributed by atoms with van der Waals surface area (Å²) in [5.41, 5.74) is 5.84. The molecule has 2 rings (SSSR count). The third-order valence-corrected chi connectivity index (χ3v) is 3.73. The van der Waals surface area contributed by atoms with Crippen molar-refractivity contribution < 1.29 is 4.52 Å². The number of hydrogen-bond donors (Lipinski definition) is 2. The lowest BCUT2D eigenvalue weighted by molar-refractivity contribution is 0.213. The molecule has 0 radical (unpaired) electrons. The zero-order valence-corrected chi connectivity index (χ0v) is 13.9. The van der Waals surface area contributed by atoms with E-state index in [1.165, 1.54) is 0 Å². The molecule has 0 unspecified atom stereocenters. The first-order chi connectivity index (χ1) is 10.3. The lowest BCUT2D eigenvalue weighted by Gasteiger charge is -2.34. The van der Waals surface area contributed by atoms with Gasteiger partial charge in [-0.1, -0.05) is 25.9 Å². The van der Waals surface area contributed by atoms with Crippen LogP contribution in [0.15, 0.2) is 15.6 Å². The smallest absolute Gasteiger partial charge is 0.197 e. The highest BCUT2D eigenvalue weighted by molar-refractivity contribution is 6.01. The van der Waals surface area contributed by atoms with Gasteiger partial charge in [0.05, 0.1) is 6.42 Å². The van der Waals surface area contributed by atoms with Crippen molar-refractivity contribution in [2.24, 2.45) is 10.7 Å². The molecule has 1 aliphatic heterocycles. The minimum Gasteiger partial charge on any atom is -0.387 e. The maximum absolute atomic E-state index is 8.15. The second-order valence-electron chi connectivity index (χ2n) is 6.82. The van der Waals surface area contributed by atoms with Crippen molar-refractivity contribution in [3.05, 3.63) is 11.8 Å². The zero-order chi connectivity index (χ0) is 16.3. The number of nitrogens with one attached hydrogen (secondary N) is 1. The van der Waals surface area contributed by atoms with Crippen LogP contribution in [0.1, 0.15) is 33.0 Å². The minimum absolute atomic E-state index is 0.109. The molecule has 1 aromatic heterocycles. The van der Waals surface area contributed by atoms with Crippen LogP contribution in [0.2, 0.25) is 0 Å². The van der Waals surface area contributed by atoms with E-state index in [1.807, 2.05) is 25.7 Å². The Morgan fingerprint density at radius 1 is 1.36 bits per heavy atom. The van der Waals surface area contributed by atoms with E-state index in [4.69, 9.17) is 15.7 Å². The summed E-state index contributed by atoms with van der Waals surface area (Å²) in [7, 11) is 2.09. The van der Waals surface area contributed by atoms with E-state index in [2.05, 4.69) is 22.1 Å². The zero-order valence-electron chi connectivity index (χ0n) is 13.9. The Bertz CT molecular complexity index is 549. The highest BCUT2D eigenvalue weighted by Crippen LogP contribution is 2.25. The highest BCUT2D eigenvalue weighted by Gasteiger charge is 2.20. The number of aromatic nitrogens is 1. The number of rotatable bonds is 3. The van der Waals surface area contributed by atoms with Crippen molar-refractivity contribution in [3.8, 4) is 0 Å². The molecule has 22 heavy (non-hydrogen) atoms. The van der Waals surface area contributed by atoms with E-state index < -0.39 is 0 Å². The number of piperazine rings is 1. The summed E-state index contributed by atoms with van der Waals surface area (Å²) < 4.78 is 5.28. The summed E-state index contributed by atoms with van der Waals surface area (Å²) in [5.74, 6) is 2.13. The summed E-state index contributed by atoms with van der Waals surface area (Å²) in [6.45, 7) is 9.81. The van der Waals surface area contributed by atoms with Crippen LogP contribution in [-0.2, 0) is 5.41 Å². The van der Waals surface area contributed by atoms with Gasteiger partial charge in [0.15, 0.2) is 5.82 Å². The fraction of sp³-hybridized carbons (Fsp3) is 0.667. The summed E-state index contributed by atoms with van der Waals surface area (Å²) >= 11 is 0. The van der Waals surface area contributed by atoms with Gasteiger partial charge in [-0.2, -0.15) is 0 Å². The molecule has 3 N–H and O–H groups in total. The molecule has 0 aliphatic carbocycles. The van der Waals surface area contributed by atoms with E-state index in [0.29, 0.717) is 23.9 Å². The molecule has 0 aromatic carbocycles. The molecule has 1 aromatic rings. The number of nitrogens with two attached hydrogens (primary N) is 1. The molecule has 0 amide bonds. The van der Waals surface area contributed by atoms with E-state index in [0.717, 1.165) is 31.9 Å². The van der Waals surface area contributed by atoms with Gasteiger partial charge >= 0.3 is 0 Å². The Labute approximate surface area is 131 Å². The summed E-state index contributed by atoms with van der Waals surface area (Å²) in [6, 6.07) is 1.80. The maximum atomic E-state index is 8.15.